The molecule has 0 aliphatic heterocycles. The molecule has 0 fully saturated rings. The number of nitrogens with one attached hydrogen (secondary N) is 1. The Morgan fingerprint density at radius 1 is 1.16 bits per heavy atom. The van der Waals surface area contributed by atoms with Crippen molar-refractivity contribution in [2.24, 2.45) is 0 Å². The van der Waals surface area contributed by atoms with E-state index < -0.39 is 17.8 Å². The number of carbonyl (C=O) groups excluding carboxylic acids is 1. The Balaban J connectivity index is 1.59. The van der Waals surface area contributed by atoms with E-state index in [-0.39, 0.29) is 25.2 Å². The van der Waals surface area contributed by atoms with Gasteiger partial charge in [0.05, 0.1) is 18.2 Å². The maximum atomic E-state index is 12.0. The van der Waals surface area contributed by atoms with Gasteiger partial charge in [-0.2, -0.15) is 0 Å². The molecule has 8 nitrogen and oxygen atoms in total. The summed E-state index contributed by atoms with van der Waals surface area (Å²) in [6, 6.07) is 11.5. The van der Waals surface area contributed by atoms with Gasteiger partial charge in [0.25, 0.3) is 5.56 Å². The van der Waals surface area contributed by atoms with Crippen molar-refractivity contribution in [2.75, 3.05) is 6.54 Å². The van der Waals surface area contributed by atoms with Crippen molar-refractivity contribution in [1.29, 1.82) is 0 Å². The molecule has 2 aromatic heterocycles. The molecule has 3 rings (SSSR count). The third kappa shape index (κ3) is 3.86. The minimum Gasteiger partial charge on any atom is -0.408 e. The Hall–Kier alpha value is -3.13. The molecule has 0 bridgehead atoms. The van der Waals surface area contributed by atoms with Crippen molar-refractivity contribution in [3.8, 4) is 0 Å². The lowest BCUT2D eigenvalue weighted by Gasteiger charge is -2.13. The monoisotopic (exact) mass is 343 g/mol. The summed E-state index contributed by atoms with van der Waals surface area (Å²) in [7, 11) is 0. The third-order valence-corrected chi connectivity index (χ3v) is 3.72. The lowest BCUT2D eigenvalue weighted by atomic mass is 10.3. The Kier molecular flexibility index (Phi) is 4.80. The second-order valence-electron chi connectivity index (χ2n) is 5.57. The molecular weight excluding hydrogens is 326 g/mol. The van der Waals surface area contributed by atoms with Crippen molar-refractivity contribution < 1.29 is 14.3 Å². The van der Waals surface area contributed by atoms with Crippen LogP contribution in [0.1, 0.15) is 0 Å². The standard InChI is InChI=1S/C17H17N3O5/c21-12(10-19-8-4-3-7-16(19)23)9-18-15(22)11-20-13-5-1-2-6-14(13)25-17(20)24/h1-8,12,21H,9-11H2,(H,18,22). The summed E-state index contributed by atoms with van der Waals surface area (Å²) in [6.07, 6.45) is 0.631. The van der Waals surface area contributed by atoms with Crippen molar-refractivity contribution in [1.82, 2.24) is 14.5 Å². The van der Waals surface area contributed by atoms with Gasteiger partial charge in [-0.3, -0.25) is 14.2 Å². The lowest BCUT2D eigenvalue weighted by Crippen LogP contribution is -2.38. The fraction of sp³-hybridized carbons (Fsp3) is 0.235. The van der Waals surface area contributed by atoms with Gasteiger partial charge in [0.15, 0.2) is 5.58 Å². The zero-order chi connectivity index (χ0) is 17.8. The highest BCUT2D eigenvalue weighted by atomic mass is 16.4. The SMILES string of the molecule is O=C(Cn1c(=O)oc2ccccc21)NCC(O)Cn1ccccc1=O. The van der Waals surface area contributed by atoms with Crippen LogP contribution in [0.2, 0.25) is 0 Å². The molecule has 2 N–H and O–H groups in total. The van der Waals surface area contributed by atoms with Crippen LogP contribution in [0.3, 0.4) is 0 Å². The molecular formula is C17H17N3O5. The number of oxazole rings is 1. The molecule has 25 heavy (non-hydrogen) atoms. The number of hydrogen-bond donors (Lipinski definition) is 2. The minimum atomic E-state index is -0.929. The predicted molar refractivity (Wildman–Crippen MR) is 90.2 cm³/mol. The first-order chi connectivity index (χ1) is 12.0. The zero-order valence-corrected chi connectivity index (χ0v) is 13.3. The first-order valence-electron chi connectivity index (χ1n) is 7.73. The number of rotatable bonds is 6. The number of fused-ring (bicyclic) bond motifs is 1. The smallest absolute Gasteiger partial charge is 0.408 e. The predicted octanol–water partition coefficient (Wildman–Crippen LogP) is -0.0665. The van der Waals surface area contributed by atoms with E-state index in [2.05, 4.69) is 5.32 Å². The van der Waals surface area contributed by atoms with Crippen LogP contribution in [0.4, 0.5) is 0 Å². The normalized spacial score (nSPS) is 12.2. The van der Waals surface area contributed by atoms with Gasteiger partial charge in [0.2, 0.25) is 5.91 Å². The van der Waals surface area contributed by atoms with Crippen LogP contribution >= 0.6 is 0 Å². The molecule has 3 aromatic rings. The molecule has 0 saturated carbocycles. The average molecular weight is 343 g/mol. The number of amides is 1. The molecule has 2 heterocycles. The van der Waals surface area contributed by atoms with E-state index in [1.807, 2.05) is 0 Å². The molecule has 0 aliphatic rings. The fourth-order valence-electron chi connectivity index (χ4n) is 2.50. The molecule has 0 aliphatic carbocycles. The van der Waals surface area contributed by atoms with Crippen molar-refractivity contribution >= 4 is 17.0 Å². The summed E-state index contributed by atoms with van der Waals surface area (Å²) in [5.41, 5.74) is 0.701. The number of benzene rings is 1. The number of aromatic nitrogens is 2. The maximum absolute atomic E-state index is 12.0. The summed E-state index contributed by atoms with van der Waals surface area (Å²) in [6.45, 7) is -0.187. The van der Waals surface area contributed by atoms with Crippen LogP contribution in [-0.4, -0.2) is 32.8 Å². The topological polar surface area (TPSA) is 106 Å². The first kappa shape index (κ1) is 16.7. The number of carbonyl (C=O) groups is 1. The summed E-state index contributed by atoms with van der Waals surface area (Å²) in [5.74, 6) is -1.05. The summed E-state index contributed by atoms with van der Waals surface area (Å²) < 4.78 is 7.63. The Morgan fingerprint density at radius 2 is 1.92 bits per heavy atom. The van der Waals surface area contributed by atoms with E-state index in [1.165, 1.54) is 15.2 Å². The Labute approximate surface area is 141 Å². The molecule has 0 saturated heterocycles. The van der Waals surface area contributed by atoms with Crippen LogP contribution in [0.25, 0.3) is 11.1 Å². The highest BCUT2D eigenvalue weighted by molar-refractivity contribution is 5.79. The van der Waals surface area contributed by atoms with Crippen molar-refractivity contribution in [3.63, 3.8) is 0 Å². The van der Waals surface area contributed by atoms with Crippen LogP contribution in [0, 0.1) is 0 Å². The second kappa shape index (κ2) is 7.18. The molecule has 130 valence electrons. The quantitative estimate of drug-likeness (QED) is 0.652. The van der Waals surface area contributed by atoms with Crippen molar-refractivity contribution in [3.05, 3.63) is 69.6 Å². The van der Waals surface area contributed by atoms with Crippen LogP contribution in [0.15, 0.2) is 62.7 Å². The van der Waals surface area contributed by atoms with Gasteiger partial charge in [-0.1, -0.05) is 18.2 Å². The maximum Gasteiger partial charge on any atom is 0.420 e. The molecule has 0 spiro atoms. The number of nitrogens with zero attached hydrogens (tertiary/aromatic N) is 2. The van der Waals surface area contributed by atoms with Crippen LogP contribution < -0.4 is 16.6 Å². The van der Waals surface area contributed by atoms with Crippen LogP contribution in [0.5, 0.6) is 0 Å². The van der Waals surface area contributed by atoms with Gasteiger partial charge in [-0.15, -0.1) is 0 Å². The molecule has 1 atom stereocenters. The number of aliphatic hydroxyl groups excluding tert-OH is 1. The van der Waals surface area contributed by atoms with Gasteiger partial charge in [0.1, 0.15) is 6.54 Å². The average Bonchev–Trinajstić information content (AvgIpc) is 2.91. The fourth-order valence-corrected chi connectivity index (χ4v) is 2.50. The molecule has 1 amide bonds. The van der Waals surface area contributed by atoms with Gasteiger partial charge in [0, 0.05) is 18.8 Å². The molecule has 0 radical (unpaired) electrons. The van der Waals surface area contributed by atoms with E-state index in [1.54, 1.807) is 42.6 Å². The van der Waals surface area contributed by atoms with E-state index in [0.29, 0.717) is 11.1 Å². The Bertz CT molecular complexity index is 1000. The van der Waals surface area contributed by atoms with Gasteiger partial charge in [-0.25, -0.2) is 4.79 Å². The van der Waals surface area contributed by atoms with E-state index in [9.17, 15) is 19.5 Å². The third-order valence-electron chi connectivity index (χ3n) is 3.72. The largest absolute Gasteiger partial charge is 0.420 e. The summed E-state index contributed by atoms with van der Waals surface area (Å²) >= 11 is 0. The number of para-hydroxylation sites is 2. The summed E-state index contributed by atoms with van der Waals surface area (Å²) in [5, 5.41) is 12.5. The lowest BCUT2D eigenvalue weighted by molar-refractivity contribution is -0.122. The summed E-state index contributed by atoms with van der Waals surface area (Å²) in [4.78, 5) is 35.4. The first-order valence-corrected chi connectivity index (χ1v) is 7.73. The molecule has 1 unspecified atom stereocenters. The van der Waals surface area contributed by atoms with E-state index in [0.717, 1.165) is 0 Å². The molecule has 8 heteroatoms. The van der Waals surface area contributed by atoms with E-state index >= 15 is 0 Å². The number of hydrogen-bond acceptors (Lipinski definition) is 5. The molecule has 1 aromatic carbocycles. The zero-order valence-electron chi connectivity index (χ0n) is 13.3. The minimum absolute atomic E-state index is 0.0370. The number of aliphatic hydroxyl groups is 1. The van der Waals surface area contributed by atoms with Gasteiger partial charge < -0.3 is 19.4 Å². The highest BCUT2D eigenvalue weighted by Gasteiger charge is 2.13. The number of pyridine rings is 1. The van der Waals surface area contributed by atoms with Crippen molar-refractivity contribution in [2.45, 2.75) is 19.2 Å². The highest BCUT2D eigenvalue weighted by Crippen LogP contribution is 2.11. The van der Waals surface area contributed by atoms with E-state index in [4.69, 9.17) is 4.42 Å². The Morgan fingerprint density at radius 3 is 2.72 bits per heavy atom. The second-order valence-corrected chi connectivity index (χ2v) is 5.57. The van der Waals surface area contributed by atoms with Gasteiger partial charge in [-0.05, 0) is 18.2 Å². The van der Waals surface area contributed by atoms with Crippen LogP contribution in [-0.2, 0) is 17.9 Å². The van der Waals surface area contributed by atoms with Gasteiger partial charge >= 0.3 is 5.76 Å².